The molecule has 184 valence electrons. The third kappa shape index (κ3) is 7.43. The Morgan fingerprint density at radius 3 is 2.15 bits per heavy atom. The van der Waals surface area contributed by atoms with E-state index in [4.69, 9.17) is 20.6 Å². The van der Waals surface area contributed by atoms with Crippen molar-refractivity contribution in [2.24, 2.45) is 0 Å². The zero-order valence-corrected chi connectivity index (χ0v) is 20.0. The van der Waals surface area contributed by atoms with Crippen LogP contribution in [0.5, 0.6) is 17.2 Å². The quantitative estimate of drug-likeness (QED) is 0.226. The number of alkyl halides is 4. The van der Waals surface area contributed by atoms with Crippen LogP contribution < -0.4 is 10.1 Å². The van der Waals surface area contributed by atoms with Gasteiger partial charge in [0.15, 0.2) is 5.78 Å². The first kappa shape index (κ1) is 27.1. The van der Waals surface area contributed by atoms with Gasteiger partial charge in [0.2, 0.25) is 0 Å². The van der Waals surface area contributed by atoms with Crippen LogP contribution in [0.25, 0.3) is 0 Å². The molecule has 0 aliphatic rings. The molecule has 0 spiro atoms. The van der Waals surface area contributed by atoms with E-state index in [-0.39, 0.29) is 17.0 Å². The van der Waals surface area contributed by atoms with Crippen LogP contribution in [-0.4, -0.2) is 34.2 Å². The lowest BCUT2D eigenvalue weighted by Gasteiger charge is -2.31. The highest BCUT2D eigenvalue weighted by molar-refractivity contribution is 7.54. The third-order valence-corrected chi connectivity index (χ3v) is 6.71. The fourth-order valence-electron chi connectivity index (χ4n) is 2.83. The van der Waals surface area contributed by atoms with Crippen molar-refractivity contribution in [3.05, 3.63) is 48.0 Å². The van der Waals surface area contributed by atoms with Gasteiger partial charge in [-0.1, -0.05) is 17.7 Å². The maximum Gasteiger partial charge on any atom is 0.444 e. The molecule has 3 N–H and O–H groups in total. The zero-order valence-electron chi connectivity index (χ0n) is 18.3. The summed E-state index contributed by atoms with van der Waals surface area (Å²) in [5.74, 6) is -2.39. The second kappa shape index (κ2) is 10.9. The van der Waals surface area contributed by atoms with E-state index in [1.807, 2.05) is 0 Å². The lowest BCUT2D eigenvalue weighted by molar-refractivity contribution is -0.199. The van der Waals surface area contributed by atoms with E-state index in [1.165, 1.54) is 24.3 Å². The Balaban J connectivity index is 2.53. The number of hydrogen-bond donors (Lipinski definition) is 3. The molecule has 0 aromatic heterocycles. The Hall–Kier alpha value is -2.13. The van der Waals surface area contributed by atoms with Gasteiger partial charge in [-0.3, -0.25) is 4.57 Å². The van der Waals surface area contributed by atoms with Gasteiger partial charge < -0.3 is 29.3 Å². The lowest BCUT2D eigenvalue weighted by atomic mass is 10.2. The summed E-state index contributed by atoms with van der Waals surface area (Å²) >= 11 is 4.83. The summed E-state index contributed by atoms with van der Waals surface area (Å²) in [6.07, 6.45) is -5.38. The number of nitrogens with one attached hydrogen (secondary N) is 1. The van der Waals surface area contributed by atoms with Gasteiger partial charge in [-0.05, 0) is 52.0 Å². The first-order chi connectivity index (χ1) is 15.2. The van der Waals surface area contributed by atoms with Crippen LogP contribution in [0.15, 0.2) is 42.5 Å². The molecule has 2 rings (SSSR count). The molecule has 0 amide bonds. The minimum atomic E-state index is -4.29. The Bertz CT molecular complexity index is 978. The second-order valence-electron chi connectivity index (χ2n) is 7.63. The number of phenols is 2. The molecule has 0 bridgehead atoms. The maximum atomic E-state index is 13.9. The van der Waals surface area contributed by atoms with Crippen LogP contribution in [-0.2, 0) is 13.6 Å². The lowest BCUT2D eigenvalue weighted by Crippen LogP contribution is -2.32. The monoisotopic (exact) mass is 511 g/mol. The van der Waals surface area contributed by atoms with Crippen LogP contribution in [0, 0.1) is 0 Å². The summed E-state index contributed by atoms with van der Waals surface area (Å²) in [6.45, 7) is 6.56. The van der Waals surface area contributed by atoms with Crippen LogP contribution in [0.4, 0.5) is 18.9 Å². The van der Waals surface area contributed by atoms with Gasteiger partial charge in [-0.2, -0.15) is 8.78 Å². The van der Waals surface area contributed by atoms with Gasteiger partial charge in [0.05, 0.1) is 12.2 Å². The third-order valence-electron chi connectivity index (χ3n) is 3.99. The Morgan fingerprint density at radius 2 is 1.64 bits per heavy atom. The molecule has 33 heavy (non-hydrogen) atoms. The molecule has 0 saturated heterocycles. The summed E-state index contributed by atoms with van der Waals surface area (Å²) in [5, 5.41) is 22.9. The number of anilines is 1. The molecule has 0 aliphatic heterocycles. The number of aromatic hydroxyl groups is 2. The molecule has 0 radical (unpaired) electrons. The maximum absolute atomic E-state index is 13.9. The van der Waals surface area contributed by atoms with Crippen molar-refractivity contribution < 1.29 is 41.7 Å². The molecule has 2 unspecified atom stereocenters. The molecular weight excluding hydrogens is 486 g/mol. The molecule has 2 aromatic carbocycles. The molecule has 0 heterocycles. The average Bonchev–Trinajstić information content (AvgIpc) is 2.65. The molecule has 2 aromatic rings. The fraction of sp³-hybridized carbons (Fsp3) is 0.429. The minimum absolute atomic E-state index is 0.0543. The van der Waals surface area contributed by atoms with E-state index in [9.17, 15) is 27.9 Å². The standard InChI is InChI=1S/C21H26ClF3NO6P/c1-12(2)31-33(29,32-13(3)4)19(17-9-8-15(27)11-18(17)28)26-14-6-5-7-16(10-14)30-21(24,25)20(22)23/h5-13,19-20,26-28H,1-4H3. The topological polar surface area (TPSA) is 97.3 Å². The predicted molar refractivity (Wildman–Crippen MR) is 119 cm³/mol. The van der Waals surface area contributed by atoms with Gasteiger partial charge in [-0.25, -0.2) is 4.39 Å². The molecule has 0 saturated carbocycles. The van der Waals surface area contributed by atoms with Crippen LogP contribution in [0.2, 0.25) is 0 Å². The summed E-state index contributed by atoms with van der Waals surface area (Å²) < 4.78 is 69.6. The fourth-order valence-corrected chi connectivity index (χ4v) is 5.21. The average molecular weight is 512 g/mol. The van der Waals surface area contributed by atoms with Crippen molar-refractivity contribution in [2.75, 3.05) is 5.32 Å². The summed E-state index contributed by atoms with van der Waals surface area (Å²) in [6, 6.07) is 8.66. The minimum Gasteiger partial charge on any atom is -0.508 e. The van der Waals surface area contributed by atoms with Gasteiger partial charge in [0.25, 0.3) is 5.63 Å². The van der Waals surface area contributed by atoms with Crippen LogP contribution >= 0.6 is 19.2 Å². The van der Waals surface area contributed by atoms with Crippen molar-refractivity contribution in [2.45, 2.75) is 57.4 Å². The number of halogens is 4. The summed E-state index contributed by atoms with van der Waals surface area (Å²) in [5.41, 5.74) is -2.90. The number of benzene rings is 2. The van der Waals surface area contributed by atoms with Gasteiger partial charge in [0.1, 0.15) is 17.2 Å². The number of rotatable bonds is 11. The van der Waals surface area contributed by atoms with E-state index in [1.54, 1.807) is 27.7 Å². The molecular formula is C21H26ClF3NO6P. The number of ether oxygens (including phenoxy) is 1. The SMILES string of the molecule is CC(C)OP(=O)(OC(C)C)C(Nc1cccc(OC(F)(F)C(F)Cl)c1)c1ccc(O)cc1O. The number of phenolic OH excluding ortho intramolecular Hbond substituents is 2. The van der Waals surface area contributed by atoms with E-state index in [0.29, 0.717) is 0 Å². The van der Waals surface area contributed by atoms with E-state index < -0.39 is 48.8 Å². The van der Waals surface area contributed by atoms with E-state index >= 15 is 0 Å². The van der Waals surface area contributed by atoms with Crippen molar-refractivity contribution in [3.8, 4) is 17.2 Å². The van der Waals surface area contributed by atoms with Crippen molar-refractivity contribution in [1.82, 2.24) is 0 Å². The largest absolute Gasteiger partial charge is 0.508 e. The summed E-state index contributed by atoms with van der Waals surface area (Å²) in [7, 11) is -4.07. The molecule has 12 heteroatoms. The van der Waals surface area contributed by atoms with E-state index in [2.05, 4.69) is 10.1 Å². The number of hydrogen-bond acceptors (Lipinski definition) is 7. The van der Waals surface area contributed by atoms with Crippen molar-refractivity contribution >= 4 is 24.9 Å². The van der Waals surface area contributed by atoms with Crippen LogP contribution in [0.1, 0.15) is 39.0 Å². The van der Waals surface area contributed by atoms with Crippen LogP contribution in [0.3, 0.4) is 0 Å². The highest BCUT2D eigenvalue weighted by Gasteiger charge is 2.43. The highest BCUT2D eigenvalue weighted by Crippen LogP contribution is 2.63. The Kier molecular flexibility index (Phi) is 8.93. The molecule has 0 fully saturated rings. The normalized spacial score (nSPS) is 14.4. The first-order valence-corrected chi connectivity index (χ1v) is 12.0. The molecule has 7 nitrogen and oxygen atoms in total. The Labute approximate surface area is 195 Å². The van der Waals surface area contributed by atoms with Gasteiger partial charge in [-0.15, -0.1) is 0 Å². The van der Waals surface area contributed by atoms with Gasteiger partial charge in [0, 0.05) is 23.4 Å². The van der Waals surface area contributed by atoms with Gasteiger partial charge >= 0.3 is 13.7 Å². The van der Waals surface area contributed by atoms with E-state index in [0.717, 1.165) is 18.2 Å². The zero-order chi connectivity index (χ0) is 25.0. The van der Waals surface area contributed by atoms with Crippen molar-refractivity contribution in [1.29, 1.82) is 0 Å². The second-order valence-corrected chi connectivity index (χ2v) is 10.0. The molecule has 0 aliphatic carbocycles. The first-order valence-electron chi connectivity index (χ1n) is 9.93. The smallest absolute Gasteiger partial charge is 0.444 e. The van der Waals surface area contributed by atoms with Crippen molar-refractivity contribution in [3.63, 3.8) is 0 Å². The Morgan fingerprint density at radius 1 is 1.03 bits per heavy atom. The molecule has 2 atom stereocenters. The predicted octanol–water partition coefficient (Wildman–Crippen LogP) is 6.76. The highest BCUT2D eigenvalue weighted by atomic mass is 35.5. The summed E-state index contributed by atoms with van der Waals surface area (Å²) in [4.78, 5) is 0.